The maximum atomic E-state index is 5.65. The fraction of sp³-hybridized carbons (Fsp3) is 0.333. The van der Waals surface area contributed by atoms with E-state index in [1.54, 1.807) is 0 Å². The number of pyridine rings is 2. The predicted octanol–water partition coefficient (Wildman–Crippen LogP) is 9.62. The minimum atomic E-state index is 0.0787. The van der Waals surface area contributed by atoms with Crippen LogP contribution in [0.2, 0.25) is 0 Å². The van der Waals surface area contributed by atoms with Gasteiger partial charge in [0.05, 0.1) is 0 Å². The molecular formula is C42H54N4. The number of rotatable bonds is 8. The largest absolute Gasteiger partial charge is 0.326 e. The number of aromatic nitrogens is 2. The molecule has 0 aliphatic carbocycles. The first-order valence-electron chi connectivity index (χ1n) is 16.4. The van der Waals surface area contributed by atoms with Crippen LogP contribution in [0.5, 0.6) is 0 Å². The van der Waals surface area contributed by atoms with Gasteiger partial charge in [-0.25, -0.2) is 0 Å². The van der Waals surface area contributed by atoms with Gasteiger partial charge in [-0.3, -0.25) is 9.97 Å². The minimum absolute atomic E-state index is 0.0787. The lowest BCUT2D eigenvalue weighted by molar-refractivity contribution is 0.360. The molecule has 2 aromatic heterocycles. The molecule has 0 saturated heterocycles. The van der Waals surface area contributed by atoms with E-state index in [2.05, 4.69) is 155 Å². The maximum absolute atomic E-state index is 5.65. The van der Waals surface area contributed by atoms with Crippen molar-refractivity contribution in [2.45, 2.75) is 90.8 Å². The van der Waals surface area contributed by atoms with Gasteiger partial charge in [-0.05, 0) is 85.0 Å². The summed E-state index contributed by atoms with van der Waals surface area (Å²) in [6.45, 7) is 16.1. The Labute approximate surface area is 278 Å². The molecule has 5 aromatic rings. The summed E-state index contributed by atoms with van der Waals surface area (Å²) >= 11 is 0. The zero-order valence-electron chi connectivity index (χ0n) is 28.9. The predicted molar refractivity (Wildman–Crippen MR) is 196 cm³/mol. The van der Waals surface area contributed by atoms with Gasteiger partial charge in [0.15, 0.2) is 0 Å². The van der Waals surface area contributed by atoms with E-state index in [9.17, 15) is 0 Å². The second-order valence-electron chi connectivity index (χ2n) is 13.8. The summed E-state index contributed by atoms with van der Waals surface area (Å²) in [4.78, 5) is 8.78. The quantitative estimate of drug-likeness (QED) is 0.183. The standard InChI is InChI=1S/C17H22N2.C14H15N.C11H17N/c1-17(2,3)19-16(14-9-5-4-6-10-14)13-15-11-7-8-12-18-15;1-12(13-7-3-2-4-8-13)11-14-9-5-6-10-15-14;1-11(2,3)10-7-5-4-6-9(10)8-12/h4-12,16,19H,13H2,1-3H3;2-10,12H,11H2,1H3;4-7H,8,12H2,1-3H3. The van der Waals surface area contributed by atoms with Crippen molar-refractivity contribution >= 4 is 0 Å². The summed E-state index contributed by atoms with van der Waals surface area (Å²) < 4.78 is 0. The Morgan fingerprint density at radius 1 is 0.587 bits per heavy atom. The monoisotopic (exact) mass is 614 g/mol. The van der Waals surface area contributed by atoms with Crippen molar-refractivity contribution in [2.24, 2.45) is 5.73 Å². The van der Waals surface area contributed by atoms with Crippen molar-refractivity contribution in [3.8, 4) is 0 Å². The molecule has 0 amide bonds. The molecule has 242 valence electrons. The third kappa shape index (κ3) is 13.1. The Morgan fingerprint density at radius 2 is 1.07 bits per heavy atom. The third-order valence-electron chi connectivity index (χ3n) is 7.60. The Morgan fingerprint density at radius 3 is 1.52 bits per heavy atom. The van der Waals surface area contributed by atoms with Crippen LogP contribution < -0.4 is 11.1 Å². The lowest BCUT2D eigenvalue weighted by Crippen LogP contribution is -2.39. The minimum Gasteiger partial charge on any atom is -0.326 e. The van der Waals surface area contributed by atoms with E-state index >= 15 is 0 Å². The highest BCUT2D eigenvalue weighted by Crippen LogP contribution is 2.25. The van der Waals surface area contributed by atoms with E-state index in [-0.39, 0.29) is 17.0 Å². The molecule has 5 rings (SSSR count). The summed E-state index contributed by atoms with van der Waals surface area (Å²) in [7, 11) is 0. The third-order valence-corrected chi connectivity index (χ3v) is 7.60. The molecule has 0 fully saturated rings. The van der Waals surface area contributed by atoms with Crippen LogP contribution >= 0.6 is 0 Å². The first-order valence-corrected chi connectivity index (χ1v) is 16.4. The van der Waals surface area contributed by atoms with Gasteiger partial charge in [0.2, 0.25) is 0 Å². The Hall–Kier alpha value is -4.12. The number of hydrogen-bond donors (Lipinski definition) is 2. The maximum Gasteiger partial charge on any atom is 0.0422 e. The molecule has 4 nitrogen and oxygen atoms in total. The normalized spacial score (nSPS) is 12.5. The smallest absolute Gasteiger partial charge is 0.0422 e. The SMILES string of the molecule is CC(C)(C)NC(Cc1ccccn1)c1ccccc1.CC(C)(C)c1ccccc1CN.CC(Cc1ccccn1)c1ccccc1. The highest BCUT2D eigenvalue weighted by Gasteiger charge is 2.19. The van der Waals surface area contributed by atoms with Gasteiger partial charge in [0.1, 0.15) is 0 Å². The van der Waals surface area contributed by atoms with Gasteiger partial charge < -0.3 is 11.1 Å². The number of nitrogens with one attached hydrogen (secondary N) is 1. The second-order valence-corrected chi connectivity index (χ2v) is 13.8. The molecule has 4 heteroatoms. The van der Waals surface area contributed by atoms with E-state index < -0.39 is 0 Å². The molecule has 0 bridgehead atoms. The number of hydrogen-bond acceptors (Lipinski definition) is 4. The average molecular weight is 615 g/mol. The summed E-state index contributed by atoms with van der Waals surface area (Å²) in [6, 6.07) is 42.0. The highest BCUT2D eigenvalue weighted by atomic mass is 15.0. The topological polar surface area (TPSA) is 63.8 Å². The fourth-order valence-electron chi connectivity index (χ4n) is 5.35. The first-order chi connectivity index (χ1) is 22.0. The fourth-order valence-corrected chi connectivity index (χ4v) is 5.35. The Kier molecular flexibility index (Phi) is 14.3. The van der Waals surface area contributed by atoms with Gasteiger partial charge >= 0.3 is 0 Å². The molecule has 0 spiro atoms. The molecule has 46 heavy (non-hydrogen) atoms. The zero-order valence-corrected chi connectivity index (χ0v) is 28.9. The van der Waals surface area contributed by atoms with Crippen LogP contribution in [0.1, 0.15) is 94.1 Å². The van der Waals surface area contributed by atoms with E-state index in [0.717, 1.165) is 24.2 Å². The summed E-state index contributed by atoms with van der Waals surface area (Å²) in [5.41, 5.74) is 13.5. The van der Waals surface area contributed by atoms with Crippen molar-refractivity contribution in [2.75, 3.05) is 0 Å². The lowest BCUT2D eigenvalue weighted by atomic mass is 9.84. The van der Waals surface area contributed by atoms with E-state index in [0.29, 0.717) is 12.5 Å². The summed E-state index contributed by atoms with van der Waals surface area (Å²) in [5.74, 6) is 0.529. The number of nitrogens with zero attached hydrogens (tertiary/aromatic N) is 2. The van der Waals surface area contributed by atoms with Gasteiger partial charge in [-0.2, -0.15) is 0 Å². The summed E-state index contributed by atoms with van der Waals surface area (Å²) in [5, 5.41) is 3.68. The average Bonchev–Trinajstić information content (AvgIpc) is 3.06. The van der Waals surface area contributed by atoms with Gasteiger partial charge in [0, 0.05) is 48.3 Å². The van der Waals surface area contributed by atoms with Gasteiger partial charge in [-0.1, -0.05) is 125 Å². The molecule has 3 aromatic carbocycles. The van der Waals surface area contributed by atoms with Crippen LogP contribution in [-0.2, 0) is 24.8 Å². The first kappa shape index (κ1) is 36.3. The van der Waals surface area contributed by atoms with Gasteiger partial charge in [-0.15, -0.1) is 0 Å². The van der Waals surface area contributed by atoms with Crippen molar-refractivity contribution in [1.82, 2.24) is 15.3 Å². The second kappa shape index (κ2) is 18.1. The molecule has 3 N–H and O–H groups in total. The highest BCUT2D eigenvalue weighted by molar-refractivity contribution is 5.32. The van der Waals surface area contributed by atoms with Crippen LogP contribution in [0.3, 0.4) is 0 Å². The molecule has 2 unspecified atom stereocenters. The van der Waals surface area contributed by atoms with Crippen molar-refractivity contribution < 1.29 is 0 Å². The number of nitrogens with two attached hydrogens (primary N) is 1. The molecule has 0 radical (unpaired) electrons. The Bertz CT molecular complexity index is 1510. The molecule has 0 saturated carbocycles. The summed E-state index contributed by atoms with van der Waals surface area (Å²) in [6.07, 6.45) is 5.62. The van der Waals surface area contributed by atoms with E-state index in [4.69, 9.17) is 5.73 Å². The van der Waals surface area contributed by atoms with Crippen LogP contribution in [0.4, 0.5) is 0 Å². The van der Waals surface area contributed by atoms with Crippen molar-refractivity contribution in [1.29, 1.82) is 0 Å². The van der Waals surface area contributed by atoms with Crippen LogP contribution in [0, 0.1) is 0 Å². The Balaban J connectivity index is 0.000000193. The number of benzene rings is 3. The molecule has 0 aliphatic rings. The van der Waals surface area contributed by atoms with Crippen LogP contribution in [0.15, 0.2) is 134 Å². The van der Waals surface area contributed by atoms with Crippen LogP contribution in [0.25, 0.3) is 0 Å². The lowest BCUT2D eigenvalue weighted by Gasteiger charge is -2.29. The molecule has 2 heterocycles. The van der Waals surface area contributed by atoms with Gasteiger partial charge in [0.25, 0.3) is 0 Å². The van der Waals surface area contributed by atoms with Crippen molar-refractivity contribution in [3.63, 3.8) is 0 Å². The molecule has 0 aliphatic heterocycles. The van der Waals surface area contributed by atoms with E-state index in [1.165, 1.54) is 22.3 Å². The molecular weight excluding hydrogens is 560 g/mol. The molecule has 2 atom stereocenters. The zero-order chi connectivity index (χ0) is 33.4. The van der Waals surface area contributed by atoms with Crippen molar-refractivity contribution in [3.05, 3.63) is 167 Å². The van der Waals surface area contributed by atoms with Crippen LogP contribution in [-0.4, -0.2) is 15.5 Å². The van der Waals surface area contributed by atoms with E-state index in [1.807, 2.05) is 42.7 Å².